The molecule has 4 rings (SSSR count). The van der Waals surface area contributed by atoms with E-state index in [2.05, 4.69) is 0 Å². The minimum absolute atomic E-state index is 0.0363. The first-order chi connectivity index (χ1) is 12.8. The molecule has 0 unspecified atom stereocenters. The number of imide groups is 1. The van der Waals surface area contributed by atoms with E-state index in [0.717, 1.165) is 36.3 Å². The molecule has 1 saturated carbocycles. The Labute approximate surface area is 161 Å². The van der Waals surface area contributed by atoms with Crippen molar-refractivity contribution in [1.82, 2.24) is 4.90 Å². The van der Waals surface area contributed by atoms with Gasteiger partial charge in [0, 0.05) is 10.9 Å². The summed E-state index contributed by atoms with van der Waals surface area (Å²) in [4.78, 5) is 29.4. The molecule has 4 nitrogen and oxygen atoms in total. The average Bonchev–Trinajstić information content (AvgIpc) is 3.33. The third-order valence-corrected chi connectivity index (χ3v) is 6.95. The minimum atomic E-state index is -0.123. The molecule has 1 aliphatic carbocycles. The topological polar surface area (TPSA) is 50.5 Å². The van der Waals surface area contributed by atoms with Gasteiger partial charge in [-0.3, -0.25) is 14.5 Å². The van der Waals surface area contributed by atoms with Crippen molar-refractivity contribution in [2.24, 2.45) is 0 Å². The van der Waals surface area contributed by atoms with Crippen LogP contribution in [0.2, 0.25) is 0 Å². The van der Waals surface area contributed by atoms with E-state index >= 15 is 0 Å². The Morgan fingerprint density at radius 1 is 1.08 bits per heavy atom. The van der Waals surface area contributed by atoms with Gasteiger partial charge in [-0.15, -0.1) is 23.1 Å². The van der Waals surface area contributed by atoms with Gasteiger partial charge in [0.25, 0.3) is 11.8 Å². The Balaban J connectivity index is 1.64. The quantitative estimate of drug-likeness (QED) is 0.530. The van der Waals surface area contributed by atoms with Gasteiger partial charge in [0.15, 0.2) is 0 Å². The fraction of sp³-hybridized carbons (Fsp3) is 0.400. The van der Waals surface area contributed by atoms with Crippen molar-refractivity contribution in [3.8, 4) is 0 Å². The first-order valence-corrected chi connectivity index (χ1v) is 10.9. The number of hydrogen-bond donors (Lipinski definition) is 0. The smallest absolute Gasteiger partial charge is 0.268 e. The molecule has 136 valence electrons. The lowest BCUT2D eigenvalue weighted by Crippen LogP contribution is -2.40. The number of carbonyl (C=O) groups excluding carboxylic acids is 2. The van der Waals surface area contributed by atoms with Crippen LogP contribution in [0, 0.1) is 0 Å². The molecule has 2 amide bonds. The zero-order valence-electron chi connectivity index (χ0n) is 14.5. The Morgan fingerprint density at radius 2 is 1.88 bits per heavy atom. The fourth-order valence-corrected chi connectivity index (χ4v) is 5.53. The van der Waals surface area contributed by atoms with E-state index in [1.807, 2.05) is 29.6 Å². The van der Waals surface area contributed by atoms with Crippen LogP contribution < -0.4 is 0 Å². The second-order valence-corrected chi connectivity index (χ2v) is 8.61. The average molecular weight is 388 g/mol. The van der Waals surface area contributed by atoms with Crippen molar-refractivity contribution in [3.05, 3.63) is 51.5 Å². The highest BCUT2D eigenvalue weighted by molar-refractivity contribution is 8.03. The van der Waals surface area contributed by atoms with Crippen LogP contribution in [0.4, 0.5) is 0 Å². The standard InChI is InChI=1S/C20H21NO3S2/c22-19-17(16-10-6-12-25-16)18(26-13-15-9-5-11-24-15)20(23)21(19)14-7-3-1-2-4-8-14/h5-6,9-12,14H,1-4,7-8,13H2. The molecule has 0 radical (unpaired) electrons. The molecule has 1 fully saturated rings. The molecule has 0 saturated heterocycles. The zero-order valence-corrected chi connectivity index (χ0v) is 16.1. The van der Waals surface area contributed by atoms with Gasteiger partial charge in [0.2, 0.25) is 0 Å². The molecule has 0 N–H and O–H groups in total. The normalized spacial score (nSPS) is 19.5. The third-order valence-electron chi connectivity index (χ3n) is 4.97. The van der Waals surface area contributed by atoms with Crippen molar-refractivity contribution in [2.75, 3.05) is 0 Å². The minimum Gasteiger partial charge on any atom is -0.468 e. The summed E-state index contributed by atoms with van der Waals surface area (Å²) in [5.41, 5.74) is 0.575. The molecule has 0 spiro atoms. The molecular weight excluding hydrogens is 366 g/mol. The maximum absolute atomic E-state index is 13.2. The summed E-state index contributed by atoms with van der Waals surface area (Å²) >= 11 is 2.92. The Kier molecular flexibility index (Phi) is 5.31. The number of thioether (sulfide) groups is 1. The molecule has 1 aliphatic heterocycles. The van der Waals surface area contributed by atoms with Gasteiger partial charge in [-0.05, 0) is 36.4 Å². The largest absolute Gasteiger partial charge is 0.468 e. The SMILES string of the molecule is O=C1C(SCc2ccco2)=C(c2cccs2)C(=O)N1C1CCCCCC1. The van der Waals surface area contributed by atoms with E-state index < -0.39 is 0 Å². The monoisotopic (exact) mass is 387 g/mol. The van der Waals surface area contributed by atoms with Crippen LogP contribution in [-0.2, 0) is 15.3 Å². The second-order valence-electron chi connectivity index (χ2n) is 6.68. The van der Waals surface area contributed by atoms with Gasteiger partial charge in [0.05, 0.1) is 22.5 Å². The first-order valence-electron chi connectivity index (χ1n) is 9.07. The van der Waals surface area contributed by atoms with Crippen LogP contribution in [0.15, 0.2) is 45.2 Å². The number of amides is 2. The highest BCUT2D eigenvalue weighted by atomic mass is 32.2. The molecule has 2 aromatic rings. The van der Waals surface area contributed by atoms with Gasteiger partial charge in [-0.1, -0.05) is 31.7 Å². The molecule has 2 aliphatic rings. The van der Waals surface area contributed by atoms with Crippen molar-refractivity contribution < 1.29 is 14.0 Å². The predicted molar refractivity (Wildman–Crippen MR) is 105 cm³/mol. The van der Waals surface area contributed by atoms with Crippen LogP contribution in [0.5, 0.6) is 0 Å². The Bertz CT molecular complexity index is 800. The summed E-state index contributed by atoms with van der Waals surface area (Å²) in [5, 5.41) is 1.95. The van der Waals surface area contributed by atoms with E-state index in [1.54, 1.807) is 11.2 Å². The number of thiophene rings is 1. The molecule has 6 heteroatoms. The highest BCUT2D eigenvalue weighted by Gasteiger charge is 2.43. The van der Waals surface area contributed by atoms with Crippen LogP contribution in [0.3, 0.4) is 0 Å². The van der Waals surface area contributed by atoms with E-state index in [0.29, 0.717) is 16.2 Å². The van der Waals surface area contributed by atoms with Crippen LogP contribution in [-0.4, -0.2) is 22.8 Å². The molecule has 0 atom stereocenters. The summed E-state index contributed by atoms with van der Waals surface area (Å²) in [6.45, 7) is 0. The summed E-state index contributed by atoms with van der Waals surface area (Å²) in [6, 6.07) is 7.62. The van der Waals surface area contributed by atoms with Gasteiger partial charge in [-0.25, -0.2) is 0 Å². The lowest BCUT2D eigenvalue weighted by molar-refractivity contribution is -0.139. The van der Waals surface area contributed by atoms with Gasteiger partial charge in [0.1, 0.15) is 5.76 Å². The lowest BCUT2D eigenvalue weighted by Gasteiger charge is -2.25. The van der Waals surface area contributed by atoms with Crippen molar-refractivity contribution in [1.29, 1.82) is 0 Å². The second kappa shape index (κ2) is 7.84. The van der Waals surface area contributed by atoms with E-state index in [1.165, 1.54) is 35.9 Å². The van der Waals surface area contributed by atoms with Gasteiger partial charge < -0.3 is 4.42 Å². The summed E-state index contributed by atoms with van der Waals surface area (Å²) in [5.74, 6) is 1.11. The molecule has 3 heterocycles. The molecular formula is C20H21NO3S2. The number of carbonyl (C=O) groups is 2. The lowest BCUT2D eigenvalue weighted by atomic mass is 10.1. The van der Waals surface area contributed by atoms with Crippen LogP contribution in [0.1, 0.15) is 49.2 Å². The third kappa shape index (κ3) is 3.40. The maximum atomic E-state index is 13.2. The van der Waals surface area contributed by atoms with Crippen LogP contribution in [0.25, 0.3) is 5.57 Å². The van der Waals surface area contributed by atoms with E-state index in [4.69, 9.17) is 4.42 Å². The summed E-state index contributed by atoms with van der Waals surface area (Å²) < 4.78 is 5.39. The van der Waals surface area contributed by atoms with Crippen molar-refractivity contribution in [2.45, 2.75) is 50.3 Å². The number of nitrogens with zero attached hydrogens (tertiary/aromatic N) is 1. The zero-order chi connectivity index (χ0) is 17.9. The summed E-state index contributed by atoms with van der Waals surface area (Å²) in [7, 11) is 0. The van der Waals surface area contributed by atoms with Crippen LogP contribution >= 0.6 is 23.1 Å². The first kappa shape index (κ1) is 17.6. The number of hydrogen-bond acceptors (Lipinski definition) is 5. The highest BCUT2D eigenvalue weighted by Crippen LogP contribution is 2.41. The maximum Gasteiger partial charge on any atom is 0.268 e. The molecule has 2 aromatic heterocycles. The molecule has 0 aromatic carbocycles. The number of rotatable bonds is 5. The Morgan fingerprint density at radius 3 is 2.54 bits per heavy atom. The summed E-state index contributed by atoms with van der Waals surface area (Å²) in [6.07, 6.45) is 8.03. The molecule has 0 bridgehead atoms. The van der Waals surface area contributed by atoms with Crippen molar-refractivity contribution >= 4 is 40.5 Å². The Hall–Kier alpha value is -1.79. The van der Waals surface area contributed by atoms with Gasteiger partial charge >= 0.3 is 0 Å². The van der Waals surface area contributed by atoms with E-state index in [9.17, 15) is 9.59 Å². The molecule has 26 heavy (non-hydrogen) atoms. The fourth-order valence-electron chi connectivity index (χ4n) is 3.68. The number of furan rings is 1. The van der Waals surface area contributed by atoms with E-state index in [-0.39, 0.29) is 17.9 Å². The predicted octanol–water partition coefficient (Wildman–Crippen LogP) is 5.08. The van der Waals surface area contributed by atoms with Crippen molar-refractivity contribution in [3.63, 3.8) is 0 Å². The van der Waals surface area contributed by atoms with Gasteiger partial charge in [-0.2, -0.15) is 0 Å².